The number of carboxylic acid groups (broad SMARTS) is 1. The number of carboxylic acids is 1. The van der Waals surface area contributed by atoms with E-state index in [2.05, 4.69) is 4.98 Å². The second-order valence-electron chi connectivity index (χ2n) is 3.15. The maximum Gasteiger partial charge on any atom is 0.323 e. The number of aryl methyl sites for hydroxylation is 2. The van der Waals surface area contributed by atoms with Crippen molar-refractivity contribution in [2.24, 2.45) is 0 Å². The van der Waals surface area contributed by atoms with E-state index in [1.807, 2.05) is 0 Å². The zero-order chi connectivity index (χ0) is 10.9. The summed E-state index contributed by atoms with van der Waals surface area (Å²) in [5.41, 5.74) is 0.864. The Bertz CT molecular complexity index is 434. The Hall–Kier alpha value is -1.65. The predicted molar refractivity (Wildman–Crippen MR) is 50.3 cm³/mol. The lowest BCUT2D eigenvalue weighted by molar-refractivity contribution is -0.137. The van der Waals surface area contributed by atoms with E-state index in [0.717, 1.165) is 4.57 Å². The fraction of sp³-hybridized carbons (Fsp3) is 0.444. The summed E-state index contributed by atoms with van der Waals surface area (Å²) in [5, 5.41) is 8.59. The monoisotopic (exact) mass is 196 g/mol. The Balaban J connectivity index is 3.37. The third kappa shape index (κ3) is 1.81. The van der Waals surface area contributed by atoms with Gasteiger partial charge in [0, 0.05) is 11.3 Å². The molecule has 14 heavy (non-hydrogen) atoms. The summed E-state index contributed by atoms with van der Waals surface area (Å²) in [6, 6.07) is 0. The van der Waals surface area contributed by atoms with Crippen LogP contribution < -0.4 is 5.56 Å². The molecule has 0 fully saturated rings. The van der Waals surface area contributed by atoms with E-state index in [9.17, 15) is 9.59 Å². The predicted octanol–water partition coefficient (Wildman–Crippen LogP) is 0.253. The van der Waals surface area contributed by atoms with Crippen LogP contribution in [0.1, 0.15) is 17.1 Å². The first-order chi connectivity index (χ1) is 6.43. The average molecular weight is 196 g/mol. The van der Waals surface area contributed by atoms with Crippen molar-refractivity contribution >= 4 is 5.97 Å². The first-order valence-corrected chi connectivity index (χ1v) is 4.20. The highest BCUT2D eigenvalue weighted by molar-refractivity contribution is 5.66. The molecule has 1 heterocycles. The Morgan fingerprint density at radius 3 is 2.50 bits per heavy atom. The van der Waals surface area contributed by atoms with Gasteiger partial charge < -0.3 is 5.11 Å². The van der Waals surface area contributed by atoms with Crippen LogP contribution in [-0.4, -0.2) is 20.6 Å². The topological polar surface area (TPSA) is 72.2 Å². The van der Waals surface area contributed by atoms with Crippen LogP contribution >= 0.6 is 0 Å². The molecule has 0 aliphatic carbocycles. The highest BCUT2D eigenvalue weighted by Crippen LogP contribution is 1.99. The zero-order valence-electron chi connectivity index (χ0n) is 8.37. The number of aromatic nitrogens is 2. The third-order valence-corrected chi connectivity index (χ3v) is 2.12. The van der Waals surface area contributed by atoms with Gasteiger partial charge in [0.2, 0.25) is 0 Å². The Morgan fingerprint density at radius 2 is 2.00 bits per heavy atom. The average Bonchev–Trinajstić information content (AvgIpc) is 2.09. The molecular weight excluding hydrogens is 184 g/mol. The van der Waals surface area contributed by atoms with E-state index in [-0.39, 0.29) is 12.1 Å². The standard InChI is InChI=1S/C9H12N2O3/c1-5-6(2)10-7(3)11(9(5)14)4-8(12)13/h4H2,1-3H3,(H,12,13). The molecule has 1 N–H and O–H groups in total. The van der Waals surface area contributed by atoms with Gasteiger partial charge in [-0.2, -0.15) is 0 Å². The molecule has 1 rings (SSSR count). The number of carbonyl (C=O) groups is 1. The highest BCUT2D eigenvalue weighted by Gasteiger charge is 2.10. The van der Waals surface area contributed by atoms with E-state index < -0.39 is 5.97 Å². The molecule has 76 valence electrons. The maximum absolute atomic E-state index is 11.6. The van der Waals surface area contributed by atoms with E-state index in [0.29, 0.717) is 17.1 Å². The lowest BCUT2D eigenvalue weighted by Gasteiger charge is -2.08. The molecule has 0 aromatic carbocycles. The largest absolute Gasteiger partial charge is 0.480 e. The molecule has 5 nitrogen and oxygen atoms in total. The quantitative estimate of drug-likeness (QED) is 0.736. The summed E-state index contributed by atoms with van der Waals surface area (Å²) in [6.45, 7) is 4.66. The van der Waals surface area contributed by atoms with E-state index in [1.165, 1.54) is 0 Å². The van der Waals surface area contributed by atoms with Gasteiger partial charge in [0.1, 0.15) is 12.4 Å². The number of nitrogens with zero attached hydrogens (tertiary/aromatic N) is 2. The number of hydrogen-bond donors (Lipinski definition) is 1. The fourth-order valence-corrected chi connectivity index (χ4v) is 1.21. The van der Waals surface area contributed by atoms with Crippen molar-refractivity contribution in [2.45, 2.75) is 27.3 Å². The molecule has 0 saturated heterocycles. The van der Waals surface area contributed by atoms with Gasteiger partial charge in [-0.05, 0) is 20.8 Å². The minimum absolute atomic E-state index is 0.280. The SMILES string of the molecule is Cc1nc(C)n(CC(=O)O)c(=O)c1C. The van der Waals surface area contributed by atoms with Gasteiger partial charge in [0.15, 0.2) is 0 Å². The van der Waals surface area contributed by atoms with Gasteiger partial charge in [-0.1, -0.05) is 0 Å². The van der Waals surface area contributed by atoms with Crippen LogP contribution in [0.2, 0.25) is 0 Å². The molecule has 0 unspecified atom stereocenters. The van der Waals surface area contributed by atoms with Crippen molar-refractivity contribution in [2.75, 3.05) is 0 Å². The summed E-state index contributed by atoms with van der Waals surface area (Å²) >= 11 is 0. The van der Waals surface area contributed by atoms with Crippen molar-refractivity contribution in [1.29, 1.82) is 0 Å². The van der Waals surface area contributed by atoms with E-state index >= 15 is 0 Å². The molecule has 1 aromatic rings. The van der Waals surface area contributed by atoms with Gasteiger partial charge in [0.05, 0.1) is 0 Å². The lowest BCUT2D eigenvalue weighted by Crippen LogP contribution is -2.29. The molecule has 0 bridgehead atoms. The molecule has 0 amide bonds. The van der Waals surface area contributed by atoms with Crippen LogP contribution in [-0.2, 0) is 11.3 Å². The van der Waals surface area contributed by atoms with Gasteiger partial charge in [-0.25, -0.2) is 4.98 Å². The van der Waals surface area contributed by atoms with Crippen molar-refractivity contribution < 1.29 is 9.90 Å². The zero-order valence-corrected chi connectivity index (χ0v) is 8.37. The van der Waals surface area contributed by atoms with E-state index in [4.69, 9.17) is 5.11 Å². The minimum atomic E-state index is -1.04. The fourth-order valence-electron chi connectivity index (χ4n) is 1.21. The summed E-state index contributed by atoms with van der Waals surface area (Å²) in [6.07, 6.45) is 0. The van der Waals surface area contributed by atoms with Crippen LogP contribution in [0, 0.1) is 20.8 Å². The second kappa shape index (κ2) is 3.61. The number of aliphatic carboxylic acids is 1. The minimum Gasteiger partial charge on any atom is -0.480 e. The Kier molecular flexibility index (Phi) is 2.69. The summed E-state index contributed by atoms with van der Waals surface area (Å²) < 4.78 is 1.16. The van der Waals surface area contributed by atoms with Crippen LogP contribution in [0.3, 0.4) is 0 Å². The van der Waals surface area contributed by atoms with Crippen LogP contribution in [0.4, 0.5) is 0 Å². The third-order valence-electron chi connectivity index (χ3n) is 2.12. The molecule has 0 aliphatic rings. The first-order valence-electron chi connectivity index (χ1n) is 4.20. The normalized spacial score (nSPS) is 10.2. The number of hydrogen-bond acceptors (Lipinski definition) is 3. The van der Waals surface area contributed by atoms with Crippen molar-refractivity contribution in [3.63, 3.8) is 0 Å². The summed E-state index contributed by atoms with van der Waals surface area (Å²) in [4.78, 5) is 26.2. The molecule has 0 saturated carbocycles. The maximum atomic E-state index is 11.6. The molecular formula is C9H12N2O3. The van der Waals surface area contributed by atoms with Gasteiger partial charge in [-0.3, -0.25) is 14.2 Å². The molecule has 0 atom stereocenters. The van der Waals surface area contributed by atoms with Crippen LogP contribution in [0.5, 0.6) is 0 Å². The first kappa shape index (κ1) is 10.4. The highest BCUT2D eigenvalue weighted by atomic mass is 16.4. The molecule has 0 aliphatic heterocycles. The van der Waals surface area contributed by atoms with Crippen LogP contribution in [0.15, 0.2) is 4.79 Å². The van der Waals surface area contributed by atoms with Crippen LogP contribution in [0.25, 0.3) is 0 Å². The van der Waals surface area contributed by atoms with Crippen molar-refractivity contribution in [3.05, 3.63) is 27.4 Å². The van der Waals surface area contributed by atoms with Gasteiger partial charge in [-0.15, -0.1) is 0 Å². The summed E-state index contributed by atoms with van der Waals surface area (Å²) in [7, 11) is 0. The Labute approximate surface area is 81.0 Å². The van der Waals surface area contributed by atoms with Gasteiger partial charge >= 0.3 is 5.97 Å². The lowest BCUT2D eigenvalue weighted by atomic mass is 10.2. The number of rotatable bonds is 2. The van der Waals surface area contributed by atoms with Gasteiger partial charge in [0.25, 0.3) is 5.56 Å². The smallest absolute Gasteiger partial charge is 0.323 e. The molecule has 1 aromatic heterocycles. The molecule has 5 heteroatoms. The molecule has 0 radical (unpaired) electrons. The Morgan fingerprint density at radius 1 is 1.43 bits per heavy atom. The van der Waals surface area contributed by atoms with Crippen molar-refractivity contribution in [3.8, 4) is 0 Å². The second-order valence-corrected chi connectivity index (χ2v) is 3.15. The molecule has 0 spiro atoms. The summed E-state index contributed by atoms with van der Waals surface area (Å²) in [5.74, 6) is -0.610. The van der Waals surface area contributed by atoms with Crippen molar-refractivity contribution in [1.82, 2.24) is 9.55 Å². The van der Waals surface area contributed by atoms with E-state index in [1.54, 1.807) is 20.8 Å².